The number of pyridine rings is 2. The molecule has 116 valence electrons. The van der Waals surface area contributed by atoms with Gasteiger partial charge in [0.15, 0.2) is 24.8 Å². The fourth-order valence-corrected chi connectivity index (χ4v) is 0.684. The summed E-state index contributed by atoms with van der Waals surface area (Å²) in [6.45, 7) is 0.972. The molecule has 2 aromatic heterocycles. The molecule has 0 aliphatic carbocycles. The molecule has 0 atom stereocenters. The third-order valence-electron chi connectivity index (χ3n) is 1.21. The first-order valence-corrected chi connectivity index (χ1v) is 8.70. The van der Waals surface area contributed by atoms with E-state index in [0.717, 1.165) is 6.92 Å². The average Bonchev–Trinajstić information content (AvgIpc) is 2.41. The van der Waals surface area contributed by atoms with Crippen LogP contribution in [0.5, 0.6) is 0 Å². The number of carbonyl (C=O) groups is 1. The molecule has 0 unspecified atom stereocenters. The Labute approximate surface area is 128 Å². The van der Waals surface area contributed by atoms with Crippen LogP contribution in [-0.4, -0.2) is 5.97 Å². The summed E-state index contributed by atoms with van der Waals surface area (Å²) in [4.78, 5) is 14.7. The second kappa shape index (κ2) is 14.6. The fraction of sp³-hybridized carbons (Fsp3) is 0.0833. The van der Waals surface area contributed by atoms with Crippen molar-refractivity contribution < 1.29 is 44.0 Å². The van der Waals surface area contributed by atoms with E-state index < -0.39 is 18.3 Å². The van der Waals surface area contributed by atoms with Gasteiger partial charge in [-0.25, -0.2) is 9.97 Å². The Morgan fingerprint density at radius 2 is 1.10 bits per heavy atom. The van der Waals surface area contributed by atoms with Crippen LogP contribution in [0.3, 0.4) is 0 Å². The Morgan fingerprint density at radius 3 is 1.14 bits per heavy atom. The Morgan fingerprint density at radius 1 is 0.905 bits per heavy atom. The number of nitrogens with one attached hydrogen (secondary N) is 2. The van der Waals surface area contributed by atoms with E-state index in [-0.39, 0.29) is 0 Å². The maximum atomic E-state index is 8.91. The zero-order valence-electron chi connectivity index (χ0n) is 11.1. The molecule has 0 saturated heterocycles. The van der Waals surface area contributed by atoms with Gasteiger partial charge in [0.2, 0.25) is 0 Å². The normalized spacial score (nSPS) is 8.52. The van der Waals surface area contributed by atoms with Gasteiger partial charge in [0.05, 0.1) is 0 Å². The van der Waals surface area contributed by atoms with Crippen LogP contribution >= 0.6 is 10.0 Å². The van der Waals surface area contributed by atoms with Crippen molar-refractivity contribution >= 4 is 16.0 Å². The van der Waals surface area contributed by atoms with Crippen molar-refractivity contribution in [2.45, 2.75) is 6.92 Å². The number of carbonyl (C=O) groups excluding carboxylic acids is 1. The number of H-pyrrole nitrogens is 2. The van der Waals surface area contributed by atoms with E-state index in [1.807, 2.05) is 61.2 Å². The monoisotopic (exact) mass is 354 g/mol. The maximum Gasteiger partial charge on any atom is 0.166 e. The van der Waals surface area contributed by atoms with E-state index in [4.69, 9.17) is 21.7 Å². The molecule has 9 heteroatoms. The van der Waals surface area contributed by atoms with Crippen LogP contribution in [0, 0.1) is 0 Å². The molecule has 0 aliphatic heterocycles. The number of carboxylic acid groups (broad SMARTS) is 1. The molecule has 21 heavy (non-hydrogen) atoms. The number of carboxylic acids is 1. The molecule has 2 aromatic rings. The Hall–Kier alpha value is -1.85. The van der Waals surface area contributed by atoms with Crippen LogP contribution < -0.4 is 19.2 Å². The van der Waals surface area contributed by atoms with Crippen molar-refractivity contribution in [3.8, 4) is 0 Å². The van der Waals surface area contributed by atoms with Crippen molar-refractivity contribution in [2.24, 2.45) is 0 Å². The smallest absolute Gasteiger partial charge is 0.166 e. The first-order valence-electron chi connectivity index (χ1n) is 5.38. The third-order valence-corrected chi connectivity index (χ3v) is 1.21. The first-order chi connectivity index (χ1) is 9.73. The van der Waals surface area contributed by atoms with Crippen LogP contribution in [0.15, 0.2) is 61.2 Å². The van der Waals surface area contributed by atoms with E-state index in [1.165, 1.54) is 0 Å². The molecule has 0 bridgehead atoms. The predicted molar refractivity (Wildman–Crippen MR) is 63.9 cm³/mol. The molecule has 0 fully saturated rings. The maximum absolute atomic E-state index is 8.91. The van der Waals surface area contributed by atoms with E-state index in [0.29, 0.717) is 0 Å². The van der Waals surface area contributed by atoms with E-state index >= 15 is 0 Å². The minimum absolute atomic E-state index is 0.972. The average molecular weight is 355 g/mol. The molecular formula is C12H15ClCrN2O5. The molecule has 0 spiro atoms. The Bertz CT molecular complexity index is 455. The molecular weight excluding hydrogens is 340 g/mol. The number of hydrogen-bond donors (Lipinski definition) is 0. The molecule has 2 rings (SSSR count). The van der Waals surface area contributed by atoms with Crippen LogP contribution in [0.4, 0.5) is 0 Å². The van der Waals surface area contributed by atoms with Crippen molar-refractivity contribution in [3.63, 3.8) is 0 Å². The molecule has 0 radical (unpaired) electrons. The number of rotatable bonds is 0. The minimum atomic E-state index is -5.03. The van der Waals surface area contributed by atoms with Gasteiger partial charge in [-0.2, -0.15) is 0 Å². The predicted octanol–water partition coefficient (Wildman–Crippen LogP) is -0.982. The standard InChI is InChI=1S/2C5H5N.C2H4O2.ClH.Cr.3O/c2*1-2-4-6-5-3-1;1-2(3)4;;;;;/h2*1-5H;1H3,(H,3,4);1H;;;;/q;;;;+1;;;-1. The summed E-state index contributed by atoms with van der Waals surface area (Å²) in [5.74, 6) is -1.08. The minimum Gasteiger partial charge on any atom is -0.218 e. The van der Waals surface area contributed by atoms with Gasteiger partial charge >= 0.3 is 34.2 Å². The van der Waals surface area contributed by atoms with Crippen molar-refractivity contribution in [2.75, 3.05) is 0 Å². The Kier molecular flexibility index (Phi) is 14.9. The largest absolute Gasteiger partial charge is 0.218 e. The van der Waals surface area contributed by atoms with E-state index in [1.54, 1.807) is 0 Å². The molecule has 2 N–H and O–H groups in total. The topological polar surface area (TPSA) is 126 Å². The van der Waals surface area contributed by atoms with Crippen LogP contribution in [0.1, 0.15) is 6.92 Å². The summed E-state index contributed by atoms with van der Waals surface area (Å²) in [7, 11) is 4.02. The molecule has 0 aromatic carbocycles. The number of hydrogen-bond acceptors (Lipinski definition) is 5. The second-order valence-electron chi connectivity index (χ2n) is 3.04. The van der Waals surface area contributed by atoms with Gasteiger partial charge in [0, 0.05) is 30.2 Å². The van der Waals surface area contributed by atoms with Crippen molar-refractivity contribution in [1.82, 2.24) is 0 Å². The van der Waals surface area contributed by atoms with Crippen molar-refractivity contribution in [3.05, 3.63) is 61.2 Å². The number of halogens is 1. The zero-order chi connectivity index (χ0) is 16.6. The van der Waals surface area contributed by atoms with E-state index in [9.17, 15) is 0 Å². The summed E-state index contributed by atoms with van der Waals surface area (Å²) in [5.41, 5.74) is 0. The molecule has 0 aliphatic rings. The van der Waals surface area contributed by atoms with Crippen LogP contribution in [0.25, 0.3) is 0 Å². The third kappa shape index (κ3) is 45.9. The van der Waals surface area contributed by atoms with Gasteiger partial charge in [-0.05, 0) is 6.92 Å². The summed E-state index contributed by atoms with van der Waals surface area (Å²) in [6, 6.07) is 11.7. The zero-order valence-corrected chi connectivity index (χ0v) is 13.1. The fourth-order valence-electron chi connectivity index (χ4n) is 0.684. The van der Waals surface area contributed by atoms with Gasteiger partial charge in [0.25, 0.3) is 0 Å². The number of aromatic amines is 2. The number of aliphatic carboxylic acids is 1. The summed E-state index contributed by atoms with van der Waals surface area (Å²) < 4.78 is 26.7. The van der Waals surface area contributed by atoms with Gasteiger partial charge in [-0.15, -0.1) is 0 Å². The molecule has 2 heterocycles. The molecule has 0 amide bonds. The Balaban J connectivity index is 0. The SMILES string of the molecule is CC(=O)[O-].[O]=[Cr](=[O])([O-])[Cl].c1cc[nH+]cc1.c1cc[nH+]cc1. The summed E-state index contributed by atoms with van der Waals surface area (Å²) >= 11 is -5.03. The summed E-state index contributed by atoms with van der Waals surface area (Å²) in [6.07, 6.45) is 7.50. The van der Waals surface area contributed by atoms with Gasteiger partial charge < -0.3 is 9.90 Å². The molecule has 0 saturated carbocycles. The number of aromatic nitrogens is 2. The quantitative estimate of drug-likeness (QED) is 0.601. The van der Waals surface area contributed by atoms with Crippen molar-refractivity contribution in [1.29, 1.82) is 0 Å². The van der Waals surface area contributed by atoms with Crippen LogP contribution in [-0.2, 0) is 24.8 Å². The van der Waals surface area contributed by atoms with Gasteiger partial charge in [0.1, 0.15) is 0 Å². The van der Waals surface area contributed by atoms with Crippen LogP contribution in [0.2, 0.25) is 0 Å². The second-order valence-corrected chi connectivity index (χ2v) is 5.83. The molecule has 7 nitrogen and oxygen atoms in total. The van der Waals surface area contributed by atoms with Gasteiger partial charge in [-0.1, -0.05) is 12.1 Å². The van der Waals surface area contributed by atoms with E-state index in [2.05, 4.69) is 20.0 Å². The first kappa shape index (κ1) is 21.5. The summed E-state index contributed by atoms with van der Waals surface area (Å²) in [5, 5.41) is 8.89. The van der Waals surface area contributed by atoms with Gasteiger partial charge in [-0.3, -0.25) is 0 Å².